The molecular weight excluding hydrogens is 322 g/mol. The second-order valence-corrected chi connectivity index (χ2v) is 6.05. The number of nitrogens with one attached hydrogen (secondary N) is 1. The number of benzene rings is 1. The molecule has 3 rings (SSSR count). The molecule has 2 heterocycles. The van der Waals surface area contributed by atoms with Crippen LogP contribution in [-0.2, 0) is 19.5 Å². The van der Waals surface area contributed by atoms with Crippen LogP contribution in [0.15, 0.2) is 16.9 Å². The summed E-state index contributed by atoms with van der Waals surface area (Å²) < 4.78 is 16.3. The Hall–Kier alpha value is -2.54. The van der Waals surface area contributed by atoms with E-state index in [1.807, 2.05) is 12.1 Å². The largest absolute Gasteiger partial charge is 0.496 e. The van der Waals surface area contributed by atoms with Crippen molar-refractivity contribution in [3.8, 4) is 17.2 Å². The standard InChI is InChI=1S/C18H23N3O4/c1-11-19-15-10-21(6-5-13(15)18(22)20-11)9-14-16(24-3)7-12(23-2)8-17(14)25-4/h7-8H,5-6,9-10H2,1-4H3,(H,19,20,22). The van der Waals surface area contributed by atoms with Gasteiger partial charge in [0.05, 0.1) is 32.6 Å². The van der Waals surface area contributed by atoms with E-state index in [0.29, 0.717) is 31.1 Å². The average molecular weight is 345 g/mol. The molecule has 7 heteroatoms. The fourth-order valence-corrected chi connectivity index (χ4v) is 3.21. The number of fused-ring (bicyclic) bond motifs is 1. The zero-order valence-electron chi connectivity index (χ0n) is 15.0. The summed E-state index contributed by atoms with van der Waals surface area (Å²) in [6, 6.07) is 3.70. The van der Waals surface area contributed by atoms with Crippen LogP contribution in [0.25, 0.3) is 0 Å². The van der Waals surface area contributed by atoms with Crippen LogP contribution in [0.3, 0.4) is 0 Å². The Balaban J connectivity index is 1.89. The molecule has 0 spiro atoms. The number of aromatic nitrogens is 2. The van der Waals surface area contributed by atoms with Gasteiger partial charge in [0.15, 0.2) is 0 Å². The number of rotatable bonds is 5. The normalized spacial score (nSPS) is 14.1. The maximum absolute atomic E-state index is 12.1. The first-order chi connectivity index (χ1) is 12.0. The highest BCUT2D eigenvalue weighted by atomic mass is 16.5. The molecule has 25 heavy (non-hydrogen) atoms. The van der Waals surface area contributed by atoms with Crippen LogP contribution in [-0.4, -0.2) is 42.7 Å². The Morgan fingerprint density at radius 3 is 2.44 bits per heavy atom. The Morgan fingerprint density at radius 2 is 1.84 bits per heavy atom. The molecule has 1 aromatic heterocycles. The minimum atomic E-state index is -0.0261. The van der Waals surface area contributed by atoms with Crippen molar-refractivity contribution in [2.24, 2.45) is 0 Å². The topological polar surface area (TPSA) is 76.7 Å². The quantitative estimate of drug-likeness (QED) is 0.888. The predicted octanol–water partition coefficient (Wildman–Crippen LogP) is 1.66. The summed E-state index contributed by atoms with van der Waals surface area (Å²) in [5, 5.41) is 0. The summed E-state index contributed by atoms with van der Waals surface area (Å²) in [6.07, 6.45) is 0.679. The monoisotopic (exact) mass is 345 g/mol. The molecule has 1 aliphatic heterocycles. The predicted molar refractivity (Wildman–Crippen MR) is 93.5 cm³/mol. The number of aryl methyl sites for hydroxylation is 1. The van der Waals surface area contributed by atoms with Crippen molar-refractivity contribution in [3.63, 3.8) is 0 Å². The van der Waals surface area contributed by atoms with Crippen molar-refractivity contribution in [2.45, 2.75) is 26.4 Å². The molecule has 0 radical (unpaired) electrons. The smallest absolute Gasteiger partial charge is 0.254 e. The molecule has 1 aromatic carbocycles. The van der Waals surface area contributed by atoms with E-state index >= 15 is 0 Å². The van der Waals surface area contributed by atoms with Gasteiger partial charge in [0, 0.05) is 37.3 Å². The Kier molecular flexibility index (Phi) is 4.94. The van der Waals surface area contributed by atoms with Crippen LogP contribution < -0.4 is 19.8 Å². The number of methoxy groups -OCH3 is 3. The highest BCUT2D eigenvalue weighted by molar-refractivity contribution is 5.50. The van der Waals surface area contributed by atoms with E-state index in [1.165, 1.54) is 0 Å². The van der Waals surface area contributed by atoms with E-state index in [0.717, 1.165) is 34.9 Å². The maximum atomic E-state index is 12.1. The fraction of sp³-hybridized carbons (Fsp3) is 0.444. The van der Waals surface area contributed by atoms with Gasteiger partial charge in [-0.25, -0.2) is 4.98 Å². The van der Waals surface area contributed by atoms with Crippen LogP contribution in [0, 0.1) is 6.92 Å². The molecule has 0 bridgehead atoms. The van der Waals surface area contributed by atoms with E-state index in [9.17, 15) is 4.79 Å². The van der Waals surface area contributed by atoms with Crippen molar-refractivity contribution < 1.29 is 14.2 Å². The van der Waals surface area contributed by atoms with Crippen molar-refractivity contribution in [1.82, 2.24) is 14.9 Å². The Morgan fingerprint density at radius 1 is 1.16 bits per heavy atom. The third-order valence-corrected chi connectivity index (χ3v) is 4.47. The van der Waals surface area contributed by atoms with Gasteiger partial charge in [0.1, 0.15) is 23.1 Å². The lowest BCUT2D eigenvalue weighted by atomic mass is 10.0. The maximum Gasteiger partial charge on any atom is 0.254 e. The summed E-state index contributed by atoms with van der Waals surface area (Å²) in [7, 11) is 4.88. The summed E-state index contributed by atoms with van der Waals surface area (Å²) in [6.45, 7) is 3.84. The molecule has 0 aliphatic carbocycles. The zero-order chi connectivity index (χ0) is 18.0. The molecule has 134 valence electrons. The van der Waals surface area contributed by atoms with Crippen molar-refractivity contribution in [3.05, 3.63) is 45.1 Å². The van der Waals surface area contributed by atoms with Gasteiger partial charge in [0.25, 0.3) is 5.56 Å². The average Bonchev–Trinajstić information content (AvgIpc) is 2.61. The lowest BCUT2D eigenvalue weighted by molar-refractivity contribution is 0.232. The van der Waals surface area contributed by atoms with Gasteiger partial charge in [0.2, 0.25) is 0 Å². The molecule has 0 amide bonds. The number of hydrogen-bond acceptors (Lipinski definition) is 6. The molecule has 1 aliphatic rings. The first-order valence-electron chi connectivity index (χ1n) is 8.15. The summed E-state index contributed by atoms with van der Waals surface area (Å²) in [4.78, 5) is 21.6. The lowest BCUT2D eigenvalue weighted by Crippen LogP contribution is -2.35. The highest BCUT2D eigenvalue weighted by Crippen LogP contribution is 2.35. The summed E-state index contributed by atoms with van der Waals surface area (Å²) >= 11 is 0. The van der Waals surface area contributed by atoms with E-state index < -0.39 is 0 Å². The van der Waals surface area contributed by atoms with Gasteiger partial charge < -0.3 is 19.2 Å². The summed E-state index contributed by atoms with van der Waals surface area (Å²) in [5.74, 6) is 2.77. The number of ether oxygens (including phenoxy) is 3. The van der Waals surface area contributed by atoms with Crippen LogP contribution in [0.5, 0.6) is 17.2 Å². The molecule has 1 N–H and O–H groups in total. The highest BCUT2D eigenvalue weighted by Gasteiger charge is 2.23. The molecule has 7 nitrogen and oxygen atoms in total. The lowest BCUT2D eigenvalue weighted by Gasteiger charge is -2.28. The van der Waals surface area contributed by atoms with Crippen molar-refractivity contribution in [1.29, 1.82) is 0 Å². The third kappa shape index (κ3) is 3.46. The third-order valence-electron chi connectivity index (χ3n) is 4.47. The number of H-pyrrole nitrogens is 1. The van der Waals surface area contributed by atoms with Gasteiger partial charge >= 0.3 is 0 Å². The van der Waals surface area contributed by atoms with Gasteiger partial charge in [-0.2, -0.15) is 0 Å². The fourth-order valence-electron chi connectivity index (χ4n) is 3.21. The number of hydrogen-bond donors (Lipinski definition) is 1. The van der Waals surface area contributed by atoms with Gasteiger partial charge in [-0.3, -0.25) is 9.69 Å². The van der Waals surface area contributed by atoms with Gasteiger partial charge in [-0.1, -0.05) is 0 Å². The van der Waals surface area contributed by atoms with E-state index in [4.69, 9.17) is 14.2 Å². The van der Waals surface area contributed by atoms with Gasteiger partial charge in [-0.05, 0) is 13.3 Å². The van der Waals surface area contributed by atoms with Crippen molar-refractivity contribution in [2.75, 3.05) is 27.9 Å². The van der Waals surface area contributed by atoms with Crippen LogP contribution >= 0.6 is 0 Å². The summed E-state index contributed by atoms with van der Waals surface area (Å²) in [5.41, 5.74) is 2.56. The minimum absolute atomic E-state index is 0.0261. The zero-order valence-corrected chi connectivity index (χ0v) is 15.0. The molecule has 2 aromatic rings. The van der Waals surface area contributed by atoms with Crippen LogP contribution in [0.4, 0.5) is 0 Å². The van der Waals surface area contributed by atoms with Crippen LogP contribution in [0.1, 0.15) is 22.6 Å². The minimum Gasteiger partial charge on any atom is -0.496 e. The molecule has 0 saturated heterocycles. The Labute approximate surface area is 146 Å². The molecule has 0 saturated carbocycles. The second-order valence-electron chi connectivity index (χ2n) is 6.05. The molecular formula is C18H23N3O4. The van der Waals surface area contributed by atoms with E-state index in [-0.39, 0.29) is 5.56 Å². The second kappa shape index (κ2) is 7.14. The molecule has 0 fully saturated rings. The molecule has 0 atom stereocenters. The number of aromatic amines is 1. The van der Waals surface area contributed by atoms with Crippen molar-refractivity contribution >= 4 is 0 Å². The SMILES string of the molecule is COc1cc(OC)c(CN2CCc3c(nc(C)[nH]c3=O)C2)c(OC)c1. The van der Waals surface area contributed by atoms with Crippen LogP contribution in [0.2, 0.25) is 0 Å². The first-order valence-corrected chi connectivity index (χ1v) is 8.15. The van der Waals surface area contributed by atoms with Gasteiger partial charge in [-0.15, -0.1) is 0 Å². The first kappa shape index (κ1) is 17.3. The molecule has 0 unspecified atom stereocenters. The number of nitrogens with zero attached hydrogens (tertiary/aromatic N) is 2. The van der Waals surface area contributed by atoms with E-state index in [2.05, 4.69) is 14.9 Å². The Bertz CT molecular complexity index is 807. The van der Waals surface area contributed by atoms with E-state index in [1.54, 1.807) is 28.3 Å².